The van der Waals surface area contributed by atoms with E-state index in [4.69, 9.17) is 5.73 Å². The quantitative estimate of drug-likeness (QED) is 0.841. The number of nitrogens with two attached hydrogens (primary N) is 1. The van der Waals surface area contributed by atoms with E-state index in [-0.39, 0.29) is 6.04 Å². The molecule has 1 aliphatic heterocycles. The first-order valence-corrected chi connectivity index (χ1v) is 6.30. The van der Waals surface area contributed by atoms with Crippen LogP contribution in [0.25, 0.3) is 0 Å². The molecule has 2 atom stereocenters. The second-order valence-corrected chi connectivity index (χ2v) is 4.92. The zero-order chi connectivity index (χ0) is 11.4. The maximum absolute atomic E-state index is 6.29. The molecule has 0 radical (unpaired) electrons. The van der Waals surface area contributed by atoms with E-state index in [0.29, 0.717) is 5.92 Å². The molecule has 16 heavy (non-hydrogen) atoms. The fourth-order valence-corrected chi connectivity index (χ4v) is 2.49. The highest BCUT2D eigenvalue weighted by atomic mass is 15.1. The lowest BCUT2D eigenvalue weighted by Gasteiger charge is -2.25. The van der Waals surface area contributed by atoms with Crippen molar-refractivity contribution in [2.75, 3.05) is 19.6 Å². The molecule has 0 spiro atoms. The van der Waals surface area contributed by atoms with Crippen molar-refractivity contribution >= 4 is 0 Å². The summed E-state index contributed by atoms with van der Waals surface area (Å²) in [5.74, 6) is 0.528. The molecule has 2 heteroatoms. The first-order valence-electron chi connectivity index (χ1n) is 6.30. The average molecular weight is 218 g/mol. The van der Waals surface area contributed by atoms with Crippen LogP contribution in [0.15, 0.2) is 30.3 Å². The summed E-state index contributed by atoms with van der Waals surface area (Å²) in [6, 6.07) is 10.6. The fraction of sp³-hybridized carbons (Fsp3) is 0.571. The van der Waals surface area contributed by atoms with Crippen LogP contribution in [0.3, 0.4) is 0 Å². The zero-order valence-corrected chi connectivity index (χ0v) is 10.1. The van der Waals surface area contributed by atoms with E-state index < -0.39 is 0 Å². The summed E-state index contributed by atoms with van der Waals surface area (Å²) in [6.45, 7) is 5.91. The van der Waals surface area contributed by atoms with Crippen molar-refractivity contribution in [3.8, 4) is 0 Å². The van der Waals surface area contributed by atoms with Gasteiger partial charge in [-0.3, -0.25) is 0 Å². The Morgan fingerprint density at radius 1 is 1.19 bits per heavy atom. The summed E-state index contributed by atoms with van der Waals surface area (Å²) in [5, 5.41) is 0. The molecule has 2 nitrogen and oxygen atoms in total. The normalized spacial score (nSPS) is 20.9. The number of likely N-dealkylation sites (tertiary alicyclic amines) is 1. The molecule has 0 bridgehead atoms. The molecule has 0 aromatic heterocycles. The van der Waals surface area contributed by atoms with E-state index in [1.54, 1.807) is 0 Å². The summed E-state index contributed by atoms with van der Waals surface area (Å²) in [6.07, 6.45) is 2.71. The van der Waals surface area contributed by atoms with E-state index in [9.17, 15) is 0 Å². The van der Waals surface area contributed by atoms with Crippen LogP contribution in [0, 0.1) is 5.92 Å². The van der Waals surface area contributed by atoms with E-state index in [1.165, 1.54) is 31.5 Å². The van der Waals surface area contributed by atoms with E-state index in [2.05, 4.69) is 36.1 Å². The van der Waals surface area contributed by atoms with Gasteiger partial charge in [0.05, 0.1) is 0 Å². The van der Waals surface area contributed by atoms with Crippen molar-refractivity contribution in [1.29, 1.82) is 0 Å². The Hall–Kier alpha value is -0.860. The molecule has 1 aromatic carbocycles. The van der Waals surface area contributed by atoms with Gasteiger partial charge >= 0.3 is 0 Å². The van der Waals surface area contributed by atoms with Gasteiger partial charge < -0.3 is 10.6 Å². The Morgan fingerprint density at radius 2 is 1.81 bits per heavy atom. The van der Waals surface area contributed by atoms with Crippen LogP contribution in [0.2, 0.25) is 0 Å². The fourth-order valence-electron chi connectivity index (χ4n) is 2.49. The molecule has 1 aliphatic rings. The molecule has 0 aliphatic carbocycles. The Labute approximate surface area is 98.4 Å². The van der Waals surface area contributed by atoms with Gasteiger partial charge in [-0.25, -0.2) is 0 Å². The molecule has 0 saturated carbocycles. The van der Waals surface area contributed by atoms with Crippen molar-refractivity contribution in [1.82, 2.24) is 4.90 Å². The molecule has 88 valence electrons. The third kappa shape index (κ3) is 2.83. The predicted molar refractivity (Wildman–Crippen MR) is 68.2 cm³/mol. The molecule has 2 N–H and O–H groups in total. The first-order chi connectivity index (χ1) is 7.77. The second-order valence-electron chi connectivity index (χ2n) is 4.92. The van der Waals surface area contributed by atoms with Gasteiger partial charge in [0.15, 0.2) is 0 Å². The van der Waals surface area contributed by atoms with Crippen LogP contribution in [-0.4, -0.2) is 24.5 Å². The number of nitrogens with zero attached hydrogens (tertiary/aromatic N) is 1. The van der Waals surface area contributed by atoms with Gasteiger partial charge in [-0.15, -0.1) is 0 Å². The molecule has 2 rings (SSSR count). The maximum atomic E-state index is 6.29. The summed E-state index contributed by atoms with van der Waals surface area (Å²) in [7, 11) is 0. The van der Waals surface area contributed by atoms with Gasteiger partial charge in [0.1, 0.15) is 0 Å². The van der Waals surface area contributed by atoms with Crippen molar-refractivity contribution in [2.45, 2.75) is 25.8 Å². The zero-order valence-electron chi connectivity index (χ0n) is 10.1. The molecule has 1 fully saturated rings. The highest BCUT2D eigenvalue weighted by Crippen LogP contribution is 2.21. The minimum absolute atomic E-state index is 0.168. The van der Waals surface area contributed by atoms with Gasteiger partial charge in [0.25, 0.3) is 0 Å². The van der Waals surface area contributed by atoms with Crippen LogP contribution in [0.1, 0.15) is 31.4 Å². The number of hydrogen-bond acceptors (Lipinski definition) is 2. The minimum atomic E-state index is 0.168. The van der Waals surface area contributed by atoms with Crippen molar-refractivity contribution < 1.29 is 0 Å². The smallest absolute Gasteiger partial charge is 0.0333 e. The molecule has 2 unspecified atom stereocenters. The van der Waals surface area contributed by atoms with Gasteiger partial charge in [-0.1, -0.05) is 37.3 Å². The summed E-state index contributed by atoms with van der Waals surface area (Å²) < 4.78 is 0. The van der Waals surface area contributed by atoms with Gasteiger partial charge in [-0.2, -0.15) is 0 Å². The Kier molecular flexibility index (Phi) is 3.97. The van der Waals surface area contributed by atoms with Gasteiger partial charge in [0.2, 0.25) is 0 Å². The lowest BCUT2D eigenvalue weighted by molar-refractivity contribution is 0.266. The van der Waals surface area contributed by atoms with E-state index in [1.807, 2.05) is 6.07 Å². The lowest BCUT2D eigenvalue weighted by Crippen LogP contribution is -2.31. The van der Waals surface area contributed by atoms with E-state index in [0.717, 1.165) is 6.54 Å². The number of rotatable bonds is 4. The first kappa shape index (κ1) is 11.6. The summed E-state index contributed by atoms with van der Waals surface area (Å²) in [4.78, 5) is 2.54. The average Bonchev–Trinajstić information content (AvgIpc) is 2.82. The van der Waals surface area contributed by atoms with Crippen LogP contribution in [0.4, 0.5) is 0 Å². The highest BCUT2D eigenvalue weighted by molar-refractivity contribution is 5.19. The number of hydrogen-bond donors (Lipinski definition) is 1. The Morgan fingerprint density at radius 3 is 2.44 bits per heavy atom. The molecule has 1 aromatic rings. The monoisotopic (exact) mass is 218 g/mol. The SMILES string of the molecule is CC(CN1CCCC1)C(N)c1ccccc1. The Bertz CT molecular complexity index is 304. The van der Waals surface area contributed by atoms with Crippen LogP contribution in [-0.2, 0) is 0 Å². The molecule has 1 heterocycles. The van der Waals surface area contributed by atoms with Gasteiger partial charge in [-0.05, 0) is 37.4 Å². The van der Waals surface area contributed by atoms with Gasteiger partial charge in [0, 0.05) is 12.6 Å². The van der Waals surface area contributed by atoms with Crippen LogP contribution >= 0.6 is 0 Å². The number of benzene rings is 1. The van der Waals surface area contributed by atoms with Crippen LogP contribution in [0.5, 0.6) is 0 Å². The predicted octanol–water partition coefficient (Wildman–Crippen LogP) is 2.42. The standard InChI is InChI=1S/C14H22N2/c1-12(11-16-9-5-6-10-16)14(15)13-7-3-2-4-8-13/h2-4,7-8,12,14H,5-6,9-11,15H2,1H3. The topological polar surface area (TPSA) is 29.3 Å². The third-order valence-corrected chi connectivity index (χ3v) is 3.54. The molecular formula is C14H22N2. The highest BCUT2D eigenvalue weighted by Gasteiger charge is 2.19. The summed E-state index contributed by atoms with van der Waals surface area (Å²) in [5.41, 5.74) is 7.55. The third-order valence-electron chi connectivity index (χ3n) is 3.54. The molecule has 0 amide bonds. The lowest BCUT2D eigenvalue weighted by atomic mass is 9.95. The minimum Gasteiger partial charge on any atom is -0.324 e. The summed E-state index contributed by atoms with van der Waals surface area (Å²) >= 11 is 0. The van der Waals surface area contributed by atoms with Crippen molar-refractivity contribution in [2.24, 2.45) is 11.7 Å². The second kappa shape index (κ2) is 5.46. The Balaban J connectivity index is 1.91. The van der Waals surface area contributed by atoms with E-state index >= 15 is 0 Å². The largest absolute Gasteiger partial charge is 0.324 e. The van der Waals surface area contributed by atoms with Crippen molar-refractivity contribution in [3.05, 3.63) is 35.9 Å². The molecule has 1 saturated heterocycles. The maximum Gasteiger partial charge on any atom is 0.0333 e. The van der Waals surface area contributed by atoms with Crippen molar-refractivity contribution in [3.63, 3.8) is 0 Å². The molecular weight excluding hydrogens is 196 g/mol. The van der Waals surface area contributed by atoms with Crippen LogP contribution < -0.4 is 5.73 Å².